The van der Waals surface area contributed by atoms with Gasteiger partial charge in [0.2, 0.25) is 0 Å². The lowest BCUT2D eigenvalue weighted by Gasteiger charge is -2.09. The van der Waals surface area contributed by atoms with Crippen LogP contribution in [0.4, 0.5) is 0 Å². The Bertz CT molecular complexity index is 602. The average molecular weight is 253 g/mol. The van der Waals surface area contributed by atoms with Crippen LogP contribution in [0.5, 0.6) is 0 Å². The van der Waals surface area contributed by atoms with Crippen LogP contribution < -0.4 is 5.32 Å². The maximum atomic E-state index is 12.1. The van der Waals surface area contributed by atoms with Gasteiger partial charge in [-0.1, -0.05) is 30.3 Å². The highest BCUT2D eigenvalue weighted by Crippen LogP contribution is 2.11. The zero-order valence-corrected chi connectivity index (χ0v) is 11.7. The second-order valence-electron chi connectivity index (χ2n) is 4.91. The second-order valence-corrected chi connectivity index (χ2v) is 4.91. The van der Waals surface area contributed by atoms with Gasteiger partial charge in [-0.25, -0.2) is 0 Å². The molecule has 0 atom stereocenters. The first-order valence-corrected chi connectivity index (χ1v) is 6.48. The molecular formula is C17H19NO. The molecule has 1 amide bonds. The minimum atomic E-state index is -0.0219. The lowest BCUT2D eigenvalue weighted by Crippen LogP contribution is -2.23. The summed E-state index contributed by atoms with van der Waals surface area (Å²) in [5.74, 6) is -0.0219. The third-order valence-electron chi connectivity index (χ3n) is 3.47. The van der Waals surface area contributed by atoms with E-state index in [9.17, 15) is 4.79 Å². The van der Waals surface area contributed by atoms with Crippen molar-refractivity contribution < 1.29 is 4.79 Å². The molecule has 2 nitrogen and oxygen atoms in total. The molecule has 2 aromatic carbocycles. The standard InChI is InChI=1S/C17H19NO/c1-12-8-9-15(10-14(12)3)17(19)18-11-16-7-5-4-6-13(16)2/h4-10H,11H2,1-3H3,(H,18,19). The highest BCUT2D eigenvalue weighted by molar-refractivity contribution is 5.94. The second kappa shape index (κ2) is 5.70. The normalized spacial score (nSPS) is 10.3. The van der Waals surface area contributed by atoms with Crippen LogP contribution in [0, 0.1) is 20.8 Å². The van der Waals surface area contributed by atoms with Crippen LogP contribution in [0.3, 0.4) is 0 Å². The molecule has 2 heteroatoms. The van der Waals surface area contributed by atoms with Gasteiger partial charge in [-0.2, -0.15) is 0 Å². The topological polar surface area (TPSA) is 29.1 Å². The van der Waals surface area contributed by atoms with Crippen molar-refractivity contribution in [2.75, 3.05) is 0 Å². The minimum Gasteiger partial charge on any atom is -0.348 e. The summed E-state index contributed by atoms with van der Waals surface area (Å²) < 4.78 is 0. The molecule has 2 rings (SSSR count). The van der Waals surface area contributed by atoms with Gasteiger partial charge in [0.1, 0.15) is 0 Å². The van der Waals surface area contributed by atoms with E-state index in [1.54, 1.807) is 0 Å². The van der Waals surface area contributed by atoms with E-state index in [0.29, 0.717) is 6.54 Å². The van der Waals surface area contributed by atoms with Gasteiger partial charge >= 0.3 is 0 Å². The SMILES string of the molecule is Cc1ccc(C(=O)NCc2ccccc2C)cc1C. The monoisotopic (exact) mass is 253 g/mol. The van der Waals surface area contributed by atoms with Gasteiger partial charge in [0.05, 0.1) is 0 Å². The molecule has 0 aromatic heterocycles. The number of aryl methyl sites for hydroxylation is 3. The van der Waals surface area contributed by atoms with Crippen LogP contribution in [-0.4, -0.2) is 5.91 Å². The molecule has 0 spiro atoms. The van der Waals surface area contributed by atoms with Gasteiger partial charge in [0.15, 0.2) is 0 Å². The van der Waals surface area contributed by atoms with Crippen molar-refractivity contribution in [2.45, 2.75) is 27.3 Å². The predicted octanol–water partition coefficient (Wildman–Crippen LogP) is 3.54. The van der Waals surface area contributed by atoms with Crippen molar-refractivity contribution in [3.05, 3.63) is 70.3 Å². The Morgan fingerprint density at radius 3 is 2.37 bits per heavy atom. The van der Waals surface area contributed by atoms with E-state index in [1.165, 1.54) is 11.1 Å². The summed E-state index contributed by atoms with van der Waals surface area (Å²) in [6.07, 6.45) is 0. The Labute approximate surface area is 114 Å². The minimum absolute atomic E-state index is 0.0219. The van der Waals surface area contributed by atoms with Gasteiger partial charge in [0.25, 0.3) is 5.91 Å². The highest BCUT2D eigenvalue weighted by Gasteiger charge is 2.06. The van der Waals surface area contributed by atoms with Crippen LogP contribution >= 0.6 is 0 Å². The zero-order chi connectivity index (χ0) is 13.8. The number of benzene rings is 2. The van der Waals surface area contributed by atoms with E-state index in [-0.39, 0.29) is 5.91 Å². The van der Waals surface area contributed by atoms with E-state index in [1.807, 2.05) is 50.2 Å². The summed E-state index contributed by atoms with van der Waals surface area (Å²) in [4.78, 5) is 12.1. The number of nitrogens with one attached hydrogen (secondary N) is 1. The molecule has 98 valence electrons. The molecule has 0 fully saturated rings. The maximum Gasteiger partial charge on any atom is 0.251 e. The quantitative estimate of drug-likeness (QED) is 0.890. The van der Waals surface area contributed by atoms with Crippen molar-refractivity contribution in [1.82, 2.24) is 5.32 Å². The first-order valence-electron chi connectivity index (χ1n) is 6.48. The Morgan fingerprint density at radius 1 is 0.947 bits per heavy atom. The smallest absolute Gasteiger partial charge is 0.251 e. The van der Waals surface area contributed by atoms with Crippen LogP contribution in [-0.2, 0) is 6.54 Å². The molecule has 0 heterocycles. The Balaban J connectivity index is 2.05. The van der Waals surface area contributed by atoms with Gasteiger partial charge < -0.3 is 5.32 Å². The number of amides is 1. The summed E-state index contributed by atoms with van der Waals surface area (Å²) in [5, 5.41) is 2.96. The van der Waals surface area contributed by atoms with Crippen molar-refractivity contribution >= 4 is 5.91 Å². The number of rotatable bonds is 3. The molecule has 0 saturated carbocycles. The Morgan fingerprint density at radius 2 is 1.68 bits per heavy atom. The maximum absolute atomic E-state index is 12.1. The average Bonchev–Trinajstić information content (AvgIpc) is 2.40. The lowest BCUT2D eigenvalue weighted by atomic mass is 10.1. The first kappa shape index (κ1) is 13.3. The van der Waals surface area contributed by atoms with Gasteiger partial charge in [-0.05, 0) is 55.2 Å². The third-order valence-corrected chi connectivity index (χ3v) is 3.47. The molecule has 19 heavy (non-hydrogen) atoms. The molecule has 0 radical (unpaired) electrons. The predicted molar refractivity (Wildman–Crippen MR) is 78.3 cm³/mol. The van der Waals surface area contributed by atoms with Crippen LogP contribution in [0.15, 0.2) is 42.5 Å². The first-order chi connectivity index (χ1) is 9.08. The van der Waals surface area contributed by atoms with E-state index >= 15 is 0 Å². The van der Waals surface area contributed by atoms with Gasteiger partial charge in [-0.3, -0.25) is 4.79 Å². The number of carbonyl (C=O) groups excluding carboxylic acids is 1. The van der Waals surface area contributed by atoms with Gasteiger partial charge in [-0.15, -0.1) is 0 Å². The van der Waals surface area contributed by atoms with Crippen LogP contribution in [0.1, 0.15) is 32.6 Å². The van der Waals surface area contributed by atoms with E-state index in [4.69, 9.17) is 0 Å². The van der Waals surface area contributed by atoms with Crippen LogP contribution in [0.25, 0.3) is 0 Å². The summed E-state index contributed by atoms with van der Waals surface area (Å²) in [6.45, 7) is 6.69. The molecule has 2 aromatic rings. The fourth-order valence-electron chi connectivity index (χ4n) is 1.97. The molecule has 0 aliphatic rings. The van der Waals surface area contributed by atoms with Crippen molar-refractivity contribution in [2.24, 2.45) is 0 Å². The van der Waals surface area contributed by atoms with E-state index < -0.39 is 0 Å². The molecule has 0 aliphatic carbocycles. The van der Waals surface area contributed by atoms with Crippen molar-refractivity contribution in [3.8, 4) is 0 Å². The van der Waals surface area contributed by atoms with E-state index in [2.05, 4.69) is 18.3 Å². The summed E-state index contributed by atoms with van der Waals surface area (Å²) >= 11 is 0. The molecule has 0 unspecified atom stereocenters. The summed E-state index contributed by atoms with van der Waals surface area (Å²) in [6, 6.07) is 13.9. The van der Waals surface area contributed by atoms with Crippen molar-refractivity contribution in [1.29, 1.82) is 0 Å². The Hall–Kier alpha value is -2.09. The fraction of sp³-hybridized carbons (Fsp3) is 0.235. The number of hydrogen-bond donors (Lipinski definition) is 1. The molecule has 0 aliphatic heterocycles. The summed E-state index contributed by atoms with van der Waals surface area (Å²) in [5.41, 5.74) is 5.42. The third kappa shape index (κ3) is 3.22. The largest absolute Gasteiger partial charge is 0.348 e. The lowest BCUT2D eigenvalue weighted by molar-refractivity contribution is 0.0951. The molecule has 0 bridgehead atoms. The number of carbonyl (C=O) groups is 1. The van der Waals surface area contributed by atoms with Gasteiger partial charge in [0, 0.05) is 12.1 Å². The Kier molecular flexibility index (Phi) is 4.00. The van der Waals surface area contributed by atoms with E-state index in [0.717, 1.165) is 16.7 Å². The van der Waals surface area contributed by atoms with Crippen LogP contribution in [0.2, 0.25) is 0 Å². The molecule has 1 N–H and O–H groups in total. The molecule has 0 saturated heterocycles. The zero-order valence-electron chi connectivity index (χ0n) is 11.7. The summed E-state index contributed by atoms with van der Waals surface area (Å²) in [7, 11) is 0. The number of hydrogen-bond acceptors (Lipinski definition) is 1. The fourth-order valence-corrected chi connectivity index (χ4v) is 1.97. The molecular weight excluding hydrogens is 234 g/mol. The van der Waals surface area contributed by atoms with Crippen molar-refractivity contribution in [3.63, 3.8) is 0 Å². The highest BCUT2D eigenvalue weighted by atomic mass is 16.1.